The molecule has 6 nitrogen and oxygen atoms in total. The third-order valence-electron chi connectivity index (χ3n) is 5.37. The molecule has 36 heavy (non-hydrogen) atoms. The zero-order valence-electron chi connectivity index (χ0n) is 20.7. The van der Waals surface area contributed by atoms with E-state index in [1.165, 1.54) is 12.1 Å². The van der Waals surface area contributed by atoms with Crippen LogP contribution in [0.2, 0.25) is 5.02 Å². The van der Waals surface area contributed by atoms with E-state index in [1.807, 2.05) is 20.8 Å². The summed E-state index contributed by atoms with van der Waals surface area (Å²) in [6, 6.07) is 12.8. The molecule has 2 N–H and O–H groups in total. The molecule has 0 bridgehead atoms. The maximum atomic E-state index is 14.1. The second-order valence-corrected chi connectivity index (χ2v) is 9.02. The van der Waals surface area contributed by atoms with E-state index in [4.69, 9.17) is 21.1 Å². The summed E-state index contributed by atoms with van der Waals surface area (Å²) < 4.78 is 25.6. The van der Waals surface area contributed by atoms with Crippen LogP contribution in [-0.4, -0.2) is 29.7 Å². The van der Waals surface area contributed by atoms with Crippen LogP contribution in [0, 0.1) is 12.7 Å². The number of hydrogen-bond donors (Lipinski definition) is 2. The molecule has 0 radical (unpaired) electrons. The van der Waals surface area contributed by atoms with Crippen molar-refractivity contribution in [3.63, 3.8) is 0 Å². The zero-order valence-corrected chi connectivity index (χ0v) is 21.4. The van der Waals surface area contributed by atoms with Crippen LogP contribution in [0.15, 0.2) is 48.5 Å². The van der Waals surface area contributed by atoms with Crippen LogP contribution in [0.5, 0.6) is 11.5 Å². The van der Waals surface area contributed by atoms with Crippen LogP contribution >= 0.6 is 11.6 Å². The number of amides is 1. The number of aromatic carboxylic acids is 1. The van der Waals surface area contributed by atoms with Crippen LogP contribution in [-0.2, 0) is 6.54 Å². The Labute approximate surface area is 215 Å². The van der Waals surface area contributed by atoms with Gasteiger partial charge in [0.1, 0.15) is 17.3 Å². The van der Waals surface area contributed by atoms with Crippen molar-refractivity contribution in [1.29, 1.82) is 0 Å². The van der Waals surface area contributed by atoms with Gasteiger partial charge in [0, 0.05) is 12.1 Å². The molecule has 1 amide bonds. The van der Waals surface area contributed by atoms with Gasteiger partial charge in [-0.3, -0.25) is 4.79 Å². The fraction of sp³-hybridized carbons (Fsp3) is 0.286. The van der Waals surface area contributed by atoms with Crippen LogP contribution < -0.4 is 14.8 Å². The number of hydrogen-bond acceptors (Lipinski definition) is 4. The highest BCUT2D eigenvalue weighted by molar-refractivity contribution is 6.34. The quantitative estimate of drug-likeness (QED) is 0.316. The summed E-state index contributed by atoms with van der Waals surface area (Å²) in [6.07, 6.45) is 0.776. The van der Waals surface area contributed by atoms with Gasteiger partial charge in [-0.25, -0.2) is 9.18 Å². The summed E-state index contributed by atoms with van der Waals surface area (Å²) >= 11 is 6.32. The predicted molar refractivity (Wildman–Crippen MR) is 138 cm³/mol. The normalized spacial score (nSPS) is 10.9. The predicted octanol–water partition coefficient (Wildman–Crippen LogP) is 6.66. The van der Waals surface area contributed by atoms with Gasteiger partial charge in [-0.2, -0.15) is 0 Å². The molecule has 3 aromatic rings. The van der Waals surface area contributed by atoms with Crippen LogP contribution in [0.1, 0.15) is 59.0 Å². The van der Waals surface area contributed by atoms with Crippen molar-refractivity contribution in [2.45, 2.75) is 46.8 Å². The summed E-state index contributed by atoms with van der Waals surface area (Å²) in [5, 5.41) is 12.5. The number of carboxylic acids is 1. The molecule has 0 aliphatic carbocycles. The minimum absolute atomic E-state index is 0.0223. The second kappa shape index (κ2) is 11.9. The van der Waals surface area contributed by atoms with Crippen molar-refractivity contribution < 1.29 is 28.6 Å². The molecule has 0 atom stereocenters. The Bertz CT molecular complexity index is 1280. The Balaban J connectivity index is 1.89. The van der Waals surface area contributed by atoms with Crippen molar-refractivity contribution in [1.82, 2.24) is 5.32 Å². The first-order valence-electron chi connectivity index (χ1n) is 11.6. The van der Waals surface area contributed by atoms with Crippen molar-refractivity contribution in [3.05, 3.63) is 81.6 Å². The summed E-state index contributed by atoms with van der Waals surface area (Å²) in [6.45, 7) is 8.12. The monoisotopic (exact) mass is 513 g/mol. The van der Waals surface area contributed by atoms with E-state index in [1.54, 1.807) is 43.3 Å². The SMILES string of the molecule is CCCOc1ccc(-c2cc(C(=O)O)c(F)cc2C)cc1CNC(=O)c1ccc(OC(C)C)cc1Cl. The molecule has 0 saturated carbocycles. The summed E-state index contributed by atoms with van der Waals surface area (Å²) in [5.41, 5.74) is 2.43. The summed E-state index contributed by atoms with van der Waals surface area (Å²) in [5.74, 6) is -1.34. The fourth-order valence-corrected chi connectivity index (χ4v) is 3.94. The van der Waals surface area contributed by atoms with Gasteiger partial charge in [0.2, 0.25) is 0 Å². The van der Waals surface area contributed by atoms with Gasteiger partial charge in [-0.1, -0.05) is 24.6 Å². The molecule has 0 heterocycles. The van der Waals surface area contributed by atoms with Crippen molar-refractivity contribution >= 4 is 23.5 Å². The lowest BCUT2D eigenvalue weighted by atomic mass is 9.96. The molecule has 3 rings (SSSR count). The number of aryl methyl sites for hydroxylation is 1. The van der Waals surface area contributed by atoms with E-state index in [-0.39, 0.29) is 23.6 Å². The highest BCUT2D eigenvalue weighted by atomic mass is 35.5. The number of carbonyl (C=O) groups excluding carboxylic acids is 1. The molecule has 190 valence electrons. The molecule has 0 aliphatic rings. The van der Waals surface area contributed by atoms with Gasteiger partial charge >= 0.3 is 5.97 Å². The maximum absolute atomic E-state index is 14.1. The van der Waals surface area contributed by atoms with Crippen molar-refractivity contribution in [2.24, 2.45) is 0 Å². The molecule has 3 aromatic carbocycles. The van der Waals surface area contributed by atoms with Gasteiger partial charge in [-0.15, -0.1) is 0 Å². The third-order valence-corrected chi connectivity index (χ3v) is 5.69. The summed E-state index contributed by atoms with van der Waals surface area (Å²) in [4.78, 5) is 24.3. The molecule has 0 aromatic heterocycles. The zero-order chi connectivity index (χ0) is 26.4. The average Bonchev–Trinajstić information content (AvgIpc) is 2.81. The van der Waals surface area contributed by atoms with E-state index in [9.17, 15) is 19.1 Å². The lowest BCUT2D eigenvalue weighted by molar-refractivity contribution is 0.0691. The minimum Gasteiger partial charge on any atom is -0.493 e. The Kier molecular flexibility index (Phi) is 8.93. The first kappa shape index (κ1) is 27.0. The van der Waals surface area contributed by atoms with Gasteiger partial charge in [0.05, 0.1) is 28.9 Å². The van der Waals surface area contributed by atoms with Crippen LogP contribution in [0.25, 0.3) is 11.1 Å². The molecule has 0 spiro atoms. The van der Waals surface area contributed by atoms with E-state index < -0.39 is 17.3 Å². The van der Waals surface area contributed by atoms with E-state index in [0.717, 1.165) is 6.42 Å². The first-order chi connectivity index (χ1) is 17.1. The Morgan fingerprint density at radius 3 is 2.47 bits per heavy atom. The maximum Gasteiger partial charge on any atom is 0.338 e. The fourth-order valence-electron chi connectivity index (χ4n) is 3.68. The van der Waals surface area contributed by atoms with Crippen molar-refractivity contribution in [2.75, 3.05) is 6.61 Å². The number of rotatable bonds is 10. The highest BCUT2D eigenvalue weighted by Crippen LogP contribution is 2.31. The molecule has 0 aliphatic heterocycles. The van der Waals surface area contributed by atoms with E-state index in [0.29, 0.717) is 45.9 Å². The largest absolute Gasteiger partial charge is 0.493 e. The third kappa shape index (κ3) is 6.55. The van der Waals surface area contributed by atoms with E-state index >= 15 is 0 Å². The minimum atomic E-state index is -1.34. The molecule has 0 saturated heterocycles. The molecule has 8 heteroatoms. The molecule has 0 fully saturated rings. The first-order valence-corrected chi connectivity index (χ1v) is 12.0. The molecule has 0 unspecified atom stereocenters. The number of halogens is 2. The molecular formula is C28H29ClFNO5. The number of benzene rings is 3. The van der Waals surface area contributed by atoms with Gasteiger partial charge in [0.15, 0.2) is 0 Å². The summed E-state index contributed by atoms with van der Waals surface area (Å²) in [7, 11) is 0. The smallest absolute Gasteiger partial charge is 0.338 e. The number of carboxylic acid groups (broad SMARTS) is 1. The average molecular weight is 514 g/mol. The van der Waals surface area contributed by atoms with Gasteiger partial charge < -0.3 is 19.9 Å². The van der Waals surface area contributed by atoms with Gasteiger partial charge in [-0.05, 0) is 86.3 Å². The topological polar surface area (TPSA) is 84.9 Å². The molecular weight excluding hydrogens is 485 g/mol. The standard InChI is InChI=1S/C28H29ClFNO5/c1-5-10-35-26-9-6-18(22-14-23(28(33)34)25(30)11-17(22)4)12-19(26)15-31-27(32)21-8-7-20(13-24(21)29)36-16(2)3/h6-9,11-14,16H,5,10,15H2,1-4H3,(H,31,32)(H,33,34). The second-order valence-electron chi connectivity index (χ2n) is 8.61. The van der Waals surface area contributed by atoms with E-state index in [2.05, 4.69) is 5.32 Å². The number of nitrogens with one attached hydrogen (secondary N) is 1. The number of carbonyl (C=O) groups is 2. The van der Waals surface area contributed by atoms with Crippen LogP contribution in [0.3, 0.4) is 0 Å². The van der Waals surface area contributed by atoms with Gasteiger partial charge in [0.25, 0.3) is 5.91 Å². The Morgan fingerprint density at radius 2 is 1.83 bits per heavy atom. The lowest BCUT2D eigenvalue weighted by Crippen LogP contribution is -2.23. The highest BCUT2D eigenvalue weighted by Gasteiger charge is 2.17. The lowest BCUT2D eigenvalue weighted by Gasteiger charge is -2.16. The Morgan fingerprint density at radius 1 is 1.08 bits per heavy atom. The Hall–Kier alpha value is -3.58. The number of ether oxygens (including phenoxy) is 2. The van der Waals surface area contributed by atoms with Crippen molar-refractivity contribution in [3.8, 4) is 22.6 Å². The van der Waals surface area contributed by atoms with Crippen LogP contribution in [0.4, 0.5) is 4.39 Å².